The smallest absolute Gasteiger partial charge is 0.264 e. The molecular formula is C36H40ClN3O4S. The van der Waals surface area contributed by atoms with Crippen molar-refractivity contribution >= 4 is 39.1 Å². The first-order valence-corrected chi connectivity index (χ1v) is 16.8. The number of aryl methyl sites for hydroxylation is 2. The number of hydrogen-bond acceptors (Lipinski definition) is 4. The first-order chi connectivity index (χ1) is 21.5. The molecule has 0 aromatic heterocycles. The summed E-state index contributed by atoms with van der Waals surface area (Å²) in [4.78, 5) is 30.0. The minimum Gasteiger partial charge on any atom is -0.352 e. The molecule has 0 bridgehead atoms. The summed E-state index contributed by atoms with van der Waals surface area (Å²) >= 11 is 6.15. The molecule has 0 saturated heterocycles. The van der Waals surface area contributed by atoms with E-state index in [1.807, 2.05) is 64.1 Å². The van der Waals surface area contributed by atoms with Gasteiger partial charge in [0.15, 0.2) is 0 Å². The van der Waals surface area contributed by atoms with Crippen LogP contribution in [0, 0.1) is 13.8 Å². The molecule has 236 valence electrons. The fourth-order valence-corrected chi connectivity index (χ4v) is 6.46. The second-order valence-corrected chi connectivity index (χ2v) is 13.6. The van der Waals surface area contributed by atoms with Gasteiger partial charge in [-0.05, 0) is 80.3 Å². The zero-order valence-electron chi connectivity index (χ0n) is 26.1. The van der Waals surface area contributed by atoms with Crippen molar-refractivity contribution in [3.63, 3.8) is 0 Å². The third kappa shape index (κ3) is 8.96. The highest BCUT2D eigenvalue weighted by Crippen LogP contribution is 2.26. The first kappa shape index (κ1) is 33.7. The fourth-order valence-electron chi connectivity index (χ4n) is 4.93. The molecule has 0 aliphatic rings. The van der Waals surface area contributed by atoms with E-state index in [0.717, 1.165) is 26.6 Å². The van der Waals surface area contributed by atoms with E-state index < -0.39 is 28.5 Å². The van der Waals surface area contributed by atoms with Gasteiger partial charge in [0.05, 0.1) is 10.6 Å². The van der Waals surface area contributed by atoms with Gasteiger partial charge in [0.2, 0.25) is 11.8 Å². The zero-order valence-corrected chi connectivity index (χ0v) is 27.7. The second-order valence-electron chi connectivity index (χ2n) is 11.3. The van der Waals surface area contributed by atoms with Crippen LogP contribution in [-0.2, 0) is 32.6 Å². The molecule has 0 heterocycles. The van der Waals surface area contributed by atoms with Gasteiger partial charge in [-0.15, -0.1) is 0 Å². The Morgan fingerprint density at radius 2 is 1.49 bits per heavy atom. The van der Waals surface area contributed by atoms with E-state index in [1.165, 1.54) is 4.90 Å². The Morgan fingerprint density at radius 1 is 0.822 bits per heavy atom. The lowest BCUT2D eigenvalue weighted by Crippen LogP contribution is -2.54. The lowest BCUT2D eigenvalue weighted by atomic mass is 10.0. The minimum atomic E-state index is -4.15. The van der Waals surface area contributed by atoms with Crippen LogP contribution in [0.25, 0.3) is 0 Å². The van der Waals surface area contributed by atoms with Crippen molar-refractivity contribution in [2.24, 2.45) is 0 Å². The Morgan fingerprint density at radius 3 is 2.11 bits per heavy atom. The molecule has 1 N–H and O–H groups in total. The van der Waals surface area contributed by atoms with Gasteiger partial charge < -0.3 is 10.2 Å². The Bertz CT molecular complexity index is 1690. The summed E-state index contributed by atoms with van der Waals surface area (Å²) in [6, 6.07) is 29.1. The largest absolute Gasteiger partial charge is 0.352 e. The molecule has 2 amide bonds. The van der Waals surface area contributed by atoms with Crippen molar-refractivity contribution in [1.29, 1.82) is 0 Å². The van der Waals surface area contributed by atoms with Gasteiger partial charge in [-0.1, -0.05) is 90.8 Å². The van der Waals surface area contributed by atoms with Gasteiger partial charge in [-0.25, -0.2) is 8.42 Å². The normalized spacial score (nSPS) is 12.6. The molecule has 0 spiro atoms. The van der Waals surface area contributed by atoms with Crippen LogP contribution < -0.4 is 9.62 Å². The number of hydrogen-bond donors (Lipinski definition) is 1. The summed E-state index contributed by atoms with van der Waals surface area (Å²) in [7, 11) is -4.15. The van der Waals surface area contributed by atoms with E-state index in [4.69, 9.17) is 11.6 Å². The molecule has 2 unspecified atom stereocenters. The third-order valence-electron chi connectivity index (χ3n) is 7.72. The van der Waals surface area contributed by atoms with Gasteiger partial charge >= 0.3 is 0 Å². The minimum absolute atomic E-state index is 0.0713. The fraction of sp³-hybridized carbons (Fsp3) is 0.278. The van der Waals surface area contributed by atoms with Crippen molar-refractivity contribution in [3.05, 3.63) is 130 Å². The molecule has 45 heavy (non-hydrogen) atoms. The van der Waals surface area contributed by atoms with Gasteiger partial charge in [0.25, 0.3) is 10.0 Å². The SMILES string of the molecule is CCC(C)NC(=O)C(Cc1ccccc1)N(Cc1ccc(Cl)cc1)C(=O)CN(c1cccc(C)c1)S(=O)(=O)c1ccc(C)cc1. The van der Waals surface area contributed by atoms with Crippen LogP contribution in [0.1, 0.15) is 42.5 Å². The quantitative estimate of drug-likeness (QED) is 0.175. The van der Waals surface area contributed by atoms with E-state index in [1.54, 1.807) is 66.7 Å². The summed E-state index contributed by atoms with van der Waals surface area (Å²) in [6.07, 6.45) is 0.961. The summed E-state index contributed by atoms with van der Waals surface area (Å²) in [5.74, 6) is -0.818. The maximum Gasteiger partial charge on any atom is 0.264 e. The van der Waals surface area contributed by atoms with Crippen molar-refractivity contribution < 1.29 is 18.0 Å². The molecule has 0 fully saturated rings. The Kier molecular flexibility index (Phi) is 11.4. The number of benzene rings is 4. The molecule has 2 atom stereocenters. The predicted octanol–water partition coefficient (Wildman–Crippen LogP) is 6.71. The number of anilines is 1. The van der Waals surface area contributed by atoms with Crippen molar-refractivity contribution in [2.75, 3.05) is 10.8 Å². The highest BCUT2D eigenvalue weighted by atomic mass is 35.5. The Labute approximate surface area is 271 Å². The lowest BCUT2D eigenvalue weighted by molar-refractivity contribution is -0.140. The number of sulfonamides is 1. The summed E-state index contributed by atoms with van der Waals surface area (Å²) in [5.41, 5.74) is 3.75. The summed E-state index contributed by atoms with van der Waals surface area (Å²) < 4.78 is 29.4. The van der Waals surface area contributed by atoms with Gasteiger partial charge in [0, 0.05) is 24.0 Å². The maximum atomic E-state index is 14.5. The number of amides is 2. The van der Waals surface area contributed by atoms with E-state index in [-0.39, 0.29) is 29.8 Å². The third-order valence-corrected chi connectivity index (χ3v) is 9.76. The van der Waals surface area contributed by atoms with Crippen LogP contribution in [0.5, 0.6) is 0 Å². The standard InChI is InChI=1S/C36H40ClN3O4S/c1-5-28(4)38-36(42)34(23-29-11-7-6-8-12-29)39(24-30-16-18-31(37)19-17-30)35(41)25-40(32-13-9-10-27(3)22-32)45(43,44)33-20-14-26(2)15-21-33/h6-22,28,34H,5,23-25H2,1-4H3,(H,38,42). The van der Waals surface area contributed by atoms with Crippen LogP contribution in [0.4, 0.5) is 5.69 Å². The van der Waals surface area contributed by atoms with E-state index >= 15 is 0 Å². The van der Waals surface area contributed by atoms with E-state index in [0.29, 0.717) is 17.1 Å². The van der Waals surface area contributed by atoms with Crippen molar-refractivity contribution in [2.45, 2.75) is 64.1 Å². The molecule has 9 heteroatoms. The number of carbonyl (C=O) groups excluding carboxylic acids is 2. The topological polar surface area (TPSA) is 86.8 Å². The number of halogens is 1. The molecule has 4 aromatic carbocycles. The zero-order chi connectivity index (χ0) is 32.6. The van der Waals surface area contributed by atoms with Crippen LogP contribution in [0.15, 0.2) is 108 Å². The molecule has 0 radical (unpaired) electrons. The van der Waals surface area contributed by atoms with Crippen LogP contribution in [0.3, 0.4) is 0 Å². The molecule has 0 aliphatic heterocycles. The molecular weight excluding hydrogens is 606 g/mol. The van der Waals surface area contributed by atoms with Crippen molar-refractivity contribution in [1.82, 2.24) is 10.2 Å². The number of nitrogens with zero attached hydrogens (tertiary/aromatic N) is 2. The predicted molar refractivity (Wildman–Crippen MR) is 181 cm³/mol. The van der Waals surface area contributed by atoms with Gasteiger partial charge in [-0.2, -0.15) is 0 Å². The number of rotatable bonds is 13. The molecule has 0 aliphatic carbocycles. The molecule has 4 rings (SSSR count). The molecule has 7 nitrogen and oxygen atoms in total. The Hall–Kier alpha value is -4.14. The highest BCUT2D eigenvalue weighted by Gasteiger charge is 2.35. The summed E-state index contributed by atoms with van der Waals surface area (Å²) in [5, 5.41) is 3.59. The van der Waals surface area contributed by atoms with E-state index in [9.17, 15) is 18.0 Å². The van der Waals surface area contributed by atoms with Gasteiger partial charge in [-0.3, -0.25) is 13.9 Å². The van der Waals surface area contributed by atoms with Crippen molar-refractivity contribution in [3.8, 4) is 0 Å². The first-order valence-electron chi connectivity index (χ1n) is 15.0. The van der Waals surface area contributed by atoms with Gasteiger partial charge in [0.1, 0.15) is 12.6 Å². The average Bonchev–Trinajstić information content (AvgIpc) is 3.02. The van der Waals surface area contributed by atoms with Crippen LogP contribution in [0.2, 0.25) is 5.02 Å². The maximum absolute atomic E-state index is 14.5. The monoisotopic (exact) mass is 645 g/mol. The van der Waals surface area contributed by atoms with E-state index in [2.05, 4.69) is 5.32 Å². The molecule has 4 aromatic rings. The second kappa shape index (κ2) is 15.2. The highest BCUT2D eigenvalue weighted by molar-refractivity contribution is 7.92. The van der Waals surface area contributed by atoms with Crippen LogP contribution in [-0.4, -0.2) is 43.8 Å². The van der Waals surface area contributed by atoms with Crippen LogP contribution >= 0.6 is 11.6 Å². The average molecular weight is 646 g/mol. The lowest BCUT2D eigenvalue weighted by Gasteiger charge is -2.34. The number of nitrogens with one attached hydrogen (secondary N) is 1. The summed E-state index contributed by atoms with van der Waals surface area (Å²) in [6.45, 7) is 7.21. The Balaban J connectivity index is 1.80. The number of carbonyl (C=O) groups is 2. The molecule has 0 saturated carbocycles.